The maximum Gasteiger partial charge on any atom is 0.341 e. The van der Waals surface area contributed by atoms with Gasteiger partial charge in [-0.25, -0.2) is 4.79 Å². The van der Waals surface area contributed by atoms with E-state index in [4.69, 9.17) is 9.26 Å². The van der Waals surface area contributed by atoms with E-state index in [0.717, 1.165) is 18.5 Å². The number of hydrogen-bond acceptors (Lipinski definition) is 5. The van der Waals surface area contributed by atoms with E-state index in [2.05, 4.69) is 10.5 Å². The molecule has 3 aromatic rings. The molecule has 0 spiro atoms. The number of aryl methyl sites for hydroxylation is 2. The molecule has 1 aromatic carbocycles. The largest absolute Gasteiger partial charge is 0.444 e. The van der Waals surface area contributed by atoms with Crippen molar-refractivity contribution in [3.63, 3.8) is 0 Å². The Morgan fingerprint density at radius 1 is 1.17 bits per heavy atom. The molecular weight excluding hydrogens is 370 g/mol. The molecular formula is C22H23N3O4. The number of benzene rings is 1. The van der Waals surface area contributed by atoms with Gasteiger partial charge >= 0.3 is 5.97 Å². The number of rotatable bonds is 6. The molecule has 1 saturated carbocycles. The van der Waals surface area contributed by atoms with Crippen LogP contribution in [-0.2, 0) is 9.53 Å². The van der Waals surface area contributed by atoms with Crippen LogP contribution in [0, 0.1) is 20.8 Å². The summed E-state index contributed by atoms with van der Waals surface area (Å²) in [7, 11) is 0. The summed E-state index contributed by atoms with van der Waals surface area (Å²) >= 11 is 0. The van der Waals surface area contributed by atoms with Crippen LogP contribution < -0.4 is 5.32 Å². The topological polar surface area (TPSA) is 86.4 Å². The molecule has 1 atom stereocenters. The Morgan fingerprint density at radius 2 is 1.90 bits per heavy atom. The zero-order valence-electron chi connectivity index (χ0n) is 16.6. The van der Waals surface area contributed by atoms with Crippen LogP contribution in [0.3, 0.4) is 0 Å². The molecule has 1 aliphatic carbocycles. The summed E-state index contributed by atoms with van der Waals surface area (Å²) in [5, 5.41) is 6.95. The van der Waals surface area contributed by atoms with E-state index in [-0.39, 0.29) is 11.9 Å². The van der Waals surface area contributed by atoms with Gasteiger partial charge in [0.25, 0.3) is 5.91 Å². The summed E-state index contributed by atoms with van der Waals surface area (Å²) in [5.41, 5.74) is 2.53. The van der Waals surface area contributed by atoms with Crippen molar-refractivity contribution in [2.24, 2.45) is 0 Å². The maximum absolute atomic E-state index is 13.0. The van der Waals surface area contributed by atoms with Crippen molar-refractivity contribution in [3.05, 3.63) is 70.7 Å². The average Bonchev–Trinajstić information content (AvgIpc) is 3.34. The van der Waals surface area contributed by atoms with Gasteiger partial charge in [-0.2, -0.15) is 0 Å². The van der Waals surface area contributed by atoms with Gasteiger partial charge in [0.15, 0.2) is 5.82 Å². The second kappa shape index (κ2) is 7.58. The van der Waals surface area contributed by atoms with Gasteiger partial charge in [-0.3, -0.25) is 9.36 Å². The number of esters is 1. The molecule has 150 valence electrons. The van der Waals surface area contributed by atoms with Gasteiger partial charge in [0.1, 0.15) is 5.76 Å². The number of carbonyl (C=O) groups excluding carboxylic acids is 2. The van der Waals surface area contributed by atoms with Crippen LogP contribution in [0.1, 0.15) is 52.0 Å². The smallest absolute Gasteiger partial charge is 0.341 e. The van der Waals surface area contributed by atoms with Crippen molar-refractivity contribution in [2.45, 2.75) is 45.8 Å². The summed E-state index contributed by atoms with van der Waals surface area (Å²) < 4.78 is 12.7. The monoisotopic (exact) mass is 393 g/mol. The highest BCUT2D eigenvalue weighted by molar-refractivity contribution is 5.94. The normalized spacial score (nSPS) is 14.4. The van der Waals surface area contributed by atoms with Crippen molar-refractivity contribution in [2.75, 3.05) is 0 Å². The molecule has 1 unspecified atom stereocenters. The minimum Gasteiger partial charge on any atom is -0.444 e. The lowest BCUT2D eigenvalue weighted by Crippen LogP contribution is -2.33. The van der Waals surface area contributed by atoms with Crippen LogP contribution in [-0.4, -0.2) is 27.6 Å². The predicted molar refractivity (Wildman–Crippen MR) is 106 cm³/mol. The molecule has 29 heavy (non-hydrogen) atoms. The van der Waals surface area contributed by atoms with Crippen molar-refractivity contribution in [1.29, 1.82) is 0 Å². The summed E-state index contributed by atoms with van der Waals surface area (Å²) in [5.74, 6) is 0.428. The van der Waals surface area contributed by atoms with E-state index in [0.29, 0.717) is 28.4 Å². The molecule has 1 fully saturated rings. The minimum atomic E-state index is -0.998. The first-order valence-electron chi connectivity index (χ1n) is 9.63. The van der Waals surface area contributed by atoms with Gasteiger partial charge in [-0.1, -0.05) is 35.5 Å². The third kappa shape index (κ3) is 3.94. The molecule has 0 radical (unpaired) electrons. The van der Waals surface area contributed by atoms with E-state index in [1.165, 1.54) is 0 Å². The lowest BCUT2D eigenvalue weighted by molar-refractivity contribution is -0.130. The Bertz CT molecular complexity index is 1050. The highest BCUT2D eigenvalue weighted by Crippen LogP contribution is 2.26. The Labute approximate surface area is 168 Å². The summed E-state index contributed by atoms with van der Waals surface area (Å²) in [6.45, 7) is 5.50. The quantitative estimate of drug-likeness (QED) is 0.647. The zero-order chi connectivity index (χ0) is 20.5. The third-order valence-electron chi connectivity index (χ3n) is 4.98. The molecule has 7 heteroatoms. The highest BCUT2D eigenvalue weighted by atomic mass is 16.5. The van der Waals surface area contributed by atoms with Crippen LogP contribution in [0.2, 0.25) is 0 Å². The molecule has 7 nitrogen and oxygen atoms in total. The van der Waals surface area contributed by atoms with E-state index in [1.54, 1.807) is 24.3 Å². The van der Waals surface area contributed by atoms with Gasteiger partial charge < -0.3 is 14.6 Å². The first-order valence-corrected chi connectivity index (χ1v) is 9.63. The van der Waals surface area contributed by atoms with Gasteiger partial charge in [0.2, 0.25) is 6.10 Å². The van der Waals surface area contributed by atoms with Crippen molar-refractivity contribution in [3.8, 4) is 5.82 Å². The first-order chi connectivity index (χ1) is 13.9. The zero-order valence-corrected chi connectivity index (χ0v) is 16.6. The first kappa shape index (κ1) is 19.0. The van der Waals surface area contributed by atoms with Crippen molar-refractivity contribution < 1.29 is 18.8 Å². The fraction of sp³-hybridized carbons (Fsp3) is 0.318. The van der Waals surface area contributed by atoms with E-state index in [1.807, 2.05) is 43.5 Å². The molecule has 1 N–H and O–H groups in total. The fourth-order valence-electron chi connectivity index (χ4n) is 3.36. The lowest BCUT2D eigenvalue weighted by Gasteiger charge is -2.18. The van der Waals surface area contributed by atoms with E-state index < -0.39 is 12.1 Å². The molecule has 0 aliphatic heterocycles. The summed E-state index contributed by atoms with van der Waals surface area (Å²) in [4.78, 5) is 25.7. The number of nitrogens with zero attached hydrogens (tertiary/aromatic N) is 2. The van der Waals surface area contributed by atoms with Crippen molar-refractivity contribution in [1.82, 2.24) is 15.0 Å². The second-order valence-corrected chi connectivity index (χ2v) is 7.39. The molecule has 4 rings (SSSR count). The molecule has 1 amide bonds. The molecule has 0 saturated heterocycles. The lowest BCUT2D eigenvalue weighted by atomic mass is 10.1. The minimum absolute atomic E-state index is 0.174. The van der Waals surface area contributed by atoms with Crippen LogP contribution in [0.25, 0.3) is 5.82 Å². The maximum atomic E-state index is 13.0. The van der Waals surface area contributed by atoms with Crippen LogP contribution in [0.4, 0.5) is 0 Å². The van der Waals surface area contributed by atoms with Crippen LogP contribution in [0.5, 0.6) is 0 Å². The van der Waals surface area contributed by atoms with Crippen LogP contribution in [0.15, 0.2) is 47.0 Å². The molecule has 1 aliphatic rings. The average molecular weight is 393 g/mol. The number of carbonyl (C=O) groups is 2. The van der Waals surface area contributed by atoms with Gasteiger partial charge in [-0.15, -0.1) is 0 Å². The number of aromatic nitrogens is 2. The Morgan fingerprint density at radius 3 is 2.52 bits per heavy atom. The Balaban J connectivity index is 1.61. The molecule has 0 bridgehead atoms. The molecule has 2 heterocycles. The van der Waals surface area contributed by atoms with Crippen molar-refractivity contribution >= 4 is 11.9 Å². The number of amides is 1. The number of hydrogen-bond donors (Lipinski definition) is 1. The van der Waals surface area contributed by atoms with E-state index in [9.17, 15) is 9.59 Å². The van der Waals surface area contributed by atoms with Crippen LogP contribution >= 0.6 is 0 Å². The van der Waals surface area contributed by atoms with Gasteiger partial charge in [0, 0.05) is 29.1 Å². The van der Waals surface area contributed by atoms with Gasteiger partial charge in [0.05, 0.1) is 5.56 Å². The number of ether oxygens (including phenoxy) is 1. The summed E-state index contributed by atoms with van der Waals surface area (Å²) in [6, 6.07) is 12.8. The SMILES string of the molecule is Cc1cc(-n2c(C)cc(C(=O)OC(C(=O)NC3CC3)c3ccccc3)c2C)no1. The summed E-state index contributed by atoms with van der Waals surface area (Å²) in [6.07, 6.45) is 0.917. The van der Waals surface area contributed by atoms with Gasteiger partial charge in [-0.05, 0) is 39.7 Å². The predicted octanol–water partition coefficient (Wildman–Crippen LogP) is 3.57. The second-order valence-electron chi connectivity index (χ2n) is 7.39. The van der Waals surface area contributed by atoms with E-state index >= 15 is 0 Å². The fourth-order valence-corrected chi connectivity index (χ4v) is 3.36. The number of nitrogens with one attached hydrogen (secondary N) is 1. The standard InChI is InChI=1S/C22H23N3O4/c1-13-11-18(15(3)25(13)19-12-14(2)29-24-19)22(27)28-20(16-7-5-4-6-8-16)21(26)23-17-9-10-17/h4-8,11-12,17,20H,9-10H2,1-3H3,(H,23,26). The Hall–Kier alpha value is -3.35. The third-order valence-corrected chi connectivity index (χ3v) is 4.98. The highest BCUT2D eigenvalue weighted by Gasteiger charge is 2.32. The Kier molecular flexibility index (Phi) is 4.96. The molecule has 2 aromatic heterocycles.